The second-order valence-electron chi connectivity index (χ2n) is 5.05. The molecule has 24 heavy (non-hydrogen) atoms. The molecule has 1 aromatic rings. The minimum absolute atomic E-state index is 0.214. The van der Waals surface area contributed by atoms with Crippen molar-refractivity contribution in [2.24, 2.45) is 0 Å². The summed E-state index contributed by atoms with van der Waals surface area (Å²) in [5, 5.41) is 2.83. The van der Waals surface area contributed by atoms with Crippen molar-refractivity contribution in [2.75, 3.05) is 35.0 Å². The lowest BCUT2D eigenvalue weighted by atomic mass is 10.1. The molecule has 0 atom stereocenters. The number of esters is 1. The topological polar surface area (TPSA) is 83.1 Å². The molecule has 0 heterocycles. The number of nitrogens with one attached hydrogen (secondary N) is 1. The Morgan fingerprint density at radius 1 is 0.875 bits per heavy atom. The standard InChI is InChI=1S/C17H25NO6/c1-21-13-11-15(23-3)14(22-2)10-12(13)17(20)18-9-7-5-6-8-16(19)24-4/h10-11H,5-9H2,1-4H3,(H,18,20). The van der Waals surface area contributed by atoms with Crippen molar-refractivity contribution in [2.45, 2.75) is 25.7 Å². The van der Waals surface area contributed by atoms with Crippen LogP contribution in [-0.2, 0) is 9.53 Å². The molecule has 134 valence electrons. The van der Waals surface area contributed by atoms with Gasteiger partial charge in [-0.25, -0.2) is 0 Å². The number of unbranched alkanes of at least 4 members (excludes halogenated alkanes) is 2. The molecular formula is C17H25NO6. The SMILES string of the molecule is COC(=O)CCCCCNC(=O)c1cc(OC)c(OC)cc1OC. The van der Waals surface area contributed by atoms with E-state index in [-0.39, 0.29) is 11.9 Å². The molecule has 0 spiro atoms. The predicted octanol–water partition coefficient (Wildman–Crippen LogP) is 2.18. The Bertz CT molecular complexity index is 558. The summed E-state index contributed by atoms with van der Waals surface area (Å²) in [6.07, 6.45) is 2.74. The number of methoxy groups -OCH3 is 4. The average molecular weight is 339 g/mol. The molecule has 0 fully saturated rings. The molecule has 1 N–H and O–H groups in total. The van der Waals surface area contributed by atoms with Crippen molar-refractivity contribution >= 4 is 11.9 Å². The first-order valence-electron chi connectivity index (χ1n) is 7.72. The predicted molar refractivity (Wildman–Crippen MR) is 88.9 cm³/mol. The van der Waals surface area contributed by atoms with Crippen molar-refractivity contribution in [3.63, 3.8) is 0 Å². The summed E-state index contributed by atoms with van der Waals surface area (Å²) in [5.74, 6) is 0.904. The highest BCUT2D eigenvalue weighted by atomic mass is 16.5. The number of ether oxygens (including phenoxy) is 4. The molecule has 1 aromatic carbocycles. The van der Waals surface area contributed by atoms with E-state index >= 15 is 0 Å². The molecule has 0 saturated heterocycles. The molecule has 0 aliphatic heterocycles. The van der Waals surface area contributed by atoms with Crippen LogP contribution in [0.3, 0.4) is 0 Å². The van der Waals surface area contributed by atoms with Gasteiger partial charge in [-0.15, -0.1) is 0 Å². The fourth-order valence-electron chi connectivity index (χ4n) is 2.18. The fourth-order valence-corrected chi connectivity index (χ4v) is 2.18. The molecule has 0 saturated carbocycles. The van der Waals surface area contributed by atoms with Gasteiger partial charge in [0.15, 0.2) is 11.5 Å². The van der Waals surface area contributed by atoms with E-state index in [2.05, 4.69) is 10.1 Å². The third-order valence-corrected chi connectivity index (χ3v) is 3.52. The average Bonchev–Trinajstić information content (AvgIpc) is 2.62. The minimum Gasteiger partial charge on any atom is -0.496 e. The highest BCUT2D eigenvalue weighted by molar-refractivity contribution is 5.97. The number of amides is 1. The molecule has 0 radical (unpaired) electrons. The summed E-state index contributed by atoms with van der Waals surface area (Å²) in [7, 11) is 5.89. The third-order valence-electron chi connectivity index (χ3n) is 3.52. The Morgan fingerprint density at radius 2 is 1.50 bits per heavy atom. The number of hydrogen-bond donors (Lipinski definition) is 1. The minimum atomic E-state index is -0.249. The van der Waals surface area contributed by atoms with E-state index in [4.69, 9.17) is 14.2 Å². The Labute approximate surface area is 142 Å². The molecular weight excluding hydrogens is 314 g/mol. The number of rotatable bonds is 10. The van der Waals surface area contributed by atoms with Crippen LogP contribution in [-0.4, -0.2) is 46.9 Å². The Balaban J connectivity index is 2.56. The lowest BCUT2D eigenvalue weighted by Crippen LogP contribution is -2.25. The van der Waals surface area contributed by atoms with Crippen molar-refractivity contribution in [3.05, 3.63) is 17.7 Å². The first-order valence-corrected chi connectivity index (χ1v) is 7.72. The number of hydrogen-bond acceptors (Lipinski definition) is 6. The summed E-state index contributed by atoms with van der Waals surface area (Å²) < 4.78 is 20.2. The lowest BCUT2D eigenvalue weighted by molar-refractivity contribution is -0.140. The van der Waals surface area contributed by atoms with Crippen LogP contribution in [0.4, 0.5) is 0 Å². The summed E-state index contributed by atoms with van der Waals surface area (Å²) in [4.78, 5) is 23.3. The second-order valence-corrected chi connectivity index (χ2v) is 5.05. The largest absolute Gasteiger partial charge is 0.496 e. The first-order chi connectivity index (χ1) is 11.6. The highest BCUT2D eigenvalue weighted by Crippen LogP contribution is 2.34. The number of carbonyl (C=O) groups is 2. The molecule has 0 aliphatic rings. The fraction of sp³-hybridized carbons (Fsp3) is 0.529. The zero-order chi connectivity index (χ0) is 17.9. The van der Waals surface area contributed by atoms with Crippen LogP contribution in [0.25, 0.3) is 0 Å². The summed E-state index contributed by atoms with van der Waals surface area (Å²) in [5.41, 5.74) is 0.379. The number of benzene rings is 1. The highest BCUT2D eigenvalue weighted by Gasteiger charge is 2.17. The van der Waals surface area contributed by atoms with E-state index in [1.807, 2.05) is 0 Å². The van der Waals surface area contributed by atoms with Gasteiger partial charge >= 0.3 is 5.97 Å². The molecule has 7 nitrogen and oxygen atoms in total. The van der Waals surface area contributed by atoms with Crippen LogP contribution in [0, 0.1) is 0 Å². The monoisotopic (exact) mass is 339 g/mol. The van der Waals surface area contributed by atoms with Gasteiger partial charge in [0.2, 0.25) is 0 Å². The smallest absolute Gasteiger partial charge is 0.305 e. The van der Waals surface area contributed by atoms with E-state index in [0.717, 1.165) is 19.3 Å². The van der Waals surface area contributed by atoms with Crippen LogP contribution in [0.2, 0.25) is 0 Å². The Morgan fingerprint density at radius 3 is 2.08 bits per heavy atom. The molecule has 0 bridgehead atoms. The van der Waals surface area contributed by atoms with E-state index < -0.39 is 0 Å². The zero-order valence-corrected chi connectivity index (χ0v) is 14.6. The van der Waals surface area contributed by atoms with Gasteiger partial charge in [-0.3, -0.25) is 9.59 Å². The van der Waals surface area contributed by atoms with Crippen LogP contribution in [0.15, 0.2) is 12.1 Å². The summed E-state index contributed by atoms with van der Waals surface area (Å²) in [6.45, 7) is 0.511. The van der Waals surface area contributed by atoms with Gasteiger partial charge in [-0.1, -0.05) is 6.42 Å². The van der Waals surface area contributed by atoms with Gasteiger partial charge in [-0.05, 0) is 12.8 Å². The summed E-state index contributed by atoms with van der Waals surface area (Å²) in [6, 6.07) is 3.20. The second kappa shape index (κ2) is 10.4. The van der Waals surface area contributed by atoms with E-state index in [1.54, 1.807) is 12.1 Å². The normalized spacial score (nSPS) is 10.0. The van der Waals surface area contributed by atoms with Gasteiger partial charge < -0.3 is 24.3 Å². The molecule has 1 rings (SSSR count). The number of carbonyl (C=O) groups excluding carboxylic acids is 2. The van der Waals surface area contributed by atoms with E-state index in [1.165, 1.54) is 28.4 Å². The van der Waals surface area contributed by atoms with Gasteiger partial charge in [-0.2, -0.15) is 0 Å². The summed E-state index contributed by atoms with van der Waals surface area (Å²) >= 11 is 0. The molecule has 0 unspecified atom stereocenters. The van der Waals surface area contributed by atoms with Crippen LogP contribution < -0.4 is 19.5 Å². The van der Waals surface area contributed by atoms with Crippen molar-refractivity contribution in [1.29, 1.82) is 0 Å². The van der Waals surface area contributed by atoms with Crippen molar-refractivity contribution in [3.8, 4) is 17.2 Å². The zero-order valence-electron chi connectivity index (χ0n) is 14.6. The van der Waals surface area contributed by atoms with Crippen LogP contribution in [0.1, 0.15) is 36.0 Å². The van der Waals surface area contributed by atoms with Crippen LogP contribution >= 0.6 is 0 Å². The lowest BCUT2D eigenvalue weighted by Gasteiger charge is -2.14. The molecule has 7 heteroatoms. The van der Waals surface area contributed by atoms with Gasteiger partial charge in [0.1, 0.15) is 5.75 Å². The molecule has 0 aromatic heterocycles. The first kappa shape index (κ1) is 19.6. The maximum atomic E-state index is 12.3. The van der Waals surface area contributed by atoms with Crippen molar-refractivity contribution < 1.29 is 28.5 Å². The van der Waals surface area contributed by atoms with Gasteiger partial charge in [0, 0.05) is 25.1 Å². The van der Waals surface area contributed by atoms with E-state index in [0.29, 0.717) is 35.8 Å². The Hall–Kier alpha value is -2.44. The van der Waals surface area contributed by atoms with E-state index in [9.17, 15) is 9.59 Å². The quantitative estimate of drug-likeness (QED) is 0.520. The Kier molecular flexibility index (Phi) is 8.46. The van der Waals surface area contributed by atoms with Crippen LogP contribution in [0.5, 0.6) is 17.2 Å². The van der Waals surface area contributed by atoms with Gasteiger partial charge in [0.25, 0.3) is 5.91 Å². The molecule has 1 amide bonds. The maximum Gasteiger partial charge on any atom is 0.305 e. The third kappa shape index (κ3) is 5.64. The maximum absolute atomic E-state index is 12.3. The van der Waals surface area contributed by atoms with Gasteiger partial charge in [0.05, 0.1) is 34.0 Å². The van der Waals surface area contributed by atoms with Crippen molar-refractivity contribution in [1.82, 2.24) is 5.32 Å². The molecule has 0 aliphatic carbocycles.